The summed E-state index contributed by atoms with van der Waals surface area (Å²) < 4.78 is 43.5. The number of nitrogens with one attached hydrogen (secondary N) is 1. The number of aldehydes is 1. The average molecular weight is 964 g/mol. The summed E-state index contributed by atoms with van der Waals surface area (Å²) in [5, 5.41) is 31.3. The molecular formula is C31H43I2N4O13P. The highest BCUT2D eigenvalue weighted by Crippen LogP contribution is 2.47. The SMILES string of the molecule is Cc1cn([C@@H]2O[C@H](COP(=O)(O)OC(O)c3ccc(OCCCCCCCOc4ccc[n+](C)c4C=O)c[n+]3C)[C@@H](O)[C@H]2O)c(=O)[nH]c1=O.[I-].[I-]. The third-order valence-electron chi connectivity index (χ3n) is 7.91. The molecule has 4 rings (SSSR count). The number of hydrogen-bond donors (Lipinski definition) is 5. The molecule has 5 N–H and O–H groups in total. The van der Waals surface area contributed by atoms with Crippen molar-refractivity contribution in [1.29, 1.82) is 0 Å². The van der Waals surface area contributed by atoms with Gasteiger partial charge in [-0.3, -0.25) is 23.7 Å². The van der Waals surface area contributed by atoms with E-state index in [4.69, 9.17) is 23.3 Å². The molecule has 51 heavy (non-hydrogen) atoms. The Morgan fingerprint density at radius 1 is 1.02 bits per heavy atom. The number of phosphoric acid groups is 1. The van der Waals surface area contributed by atoms with Gasteiger partial charge >= 0.3 is 13.5 Å². The molecule has 0 aliphatic carbocycles. The molecule has 1 aliphatic rings. The summed E-state index contributed by atoms with van der Waals surface area (Å²) in [7, 11) is -1.55. The van der Waals surface area contributed by atoms with Crippen LogP contribution in [0, 0.1) is 6.92 Å². The number of aliphatic hydroxyl groups excluding tert-OH is 3. The molecule has 0 amide bonds. The summed E-state index contributed by atoms with van der Waals surface area (Å²) in [4.78, 5) is 47.4. The maximum atomic E-state index is 12.6. The Bertz CT molecular complexity index is 1760. The van der Waals surface area contributed by atoms with Gasteiger partial charge in [-0.15, -0.1) is 0 Å². The second-order valence-corrected chi connectivity index (χ2v) is 13.0. The zero-order chi connectivity index (χ0) is 35.7. The molecule has 0 saturated carbocycles. The summed E-state index contributed by atoms with van der Waals surface area (Å²) in [6.07, 6.45) is 1.93. The molecule has 284 valence electrons. The summed E-state index contributed by atoms with van der Waals surface area (Å²) in [6.45, 7) is 1.66. The van der Waals surface area contributed by atoms with Crippen LogP contribution in [0.4, 0.5) is 0 Å². The van der Waals surface area contributed by atoms with Gasteiger partial charge in [-0.05, 0) is 31.9 Å². The van der Waals surface area contributed by atoms with E-state index in [1.807, 2.05) is 6.07 Å². The number of hydrogen-bond acceptors (Lipinski definition) is 12. The third-order valence-corrected chi connectivity index (χ3v) is 8.85. The molecule has 0 radical (unpaired) electrons. The number of carbonyl (C=O) groups is 1. The minimum Gasteiger partial charge on any atom is -1.00 e. The van der Waals surface area contributed by atoms with Gasteiger partial charge in [0.05, 0.1) is 19.8 Å². The molecule has 4 heterocycles. The average Bonchev–Trinajstić information content (AvgIpc) is 3.33. The van der Waals surface area contributed by atoms with Crippen LogP contribution >= 0.6 is 7.82 Å². The van der Waals surface area contributed by atoms with E-state index in [9.17, 15) is 39.2 Å². The van der Waals surface area contributed by atoms with Crippen LogP contribution in [0.5, 0.6) is 11.5 Å². The molecule has 1 aliphatic heterocycles. The molecule has 0 aromatic carbocycles. The van der Waals surface area contributed by atoms with E-state index in [1.165, 1.54) is 17.6 Å². The Morgan fingerprint density at radius 2 is 1.69 bits per heavy atom. The molecule has 3 aromatic rings. The van der Waals surface area contributed by atoms with Gasteiger partial charge in [-0.25, -0.2) is 13.9 Å². The Balaban J connectivity index is 0.00000451. The maximum absolute atomic E-state index is 12.6. The number of pyridine rings is 2. The lowest BCUT2D eigenvalue weighted by Gasteiger charge is -2.19. The number of carbonyl (C=O) groups excluding carboxylic acids is 1. The number of aromatic nitrogens is 4. The second kappa shape index (κ2) is 20.8. The Kier molecular flexibility index (Phi) is 18.3. The highest BCUT2D eigenvalue weighted by Gasteiger charge is 2.45. The number of aliphatic hydroxyl groups is 3. The van der Waals surface area contributed by atoms with Crippen molar-refractivity contribution in [2.24, 2.45) is 14.1 Å². The Hall–Kier alpha value is -2.34. The number of aromatic amines is 1. The van der Waals surface area contributed by atoms with Gasteiger partial charge in [0.25, 0.3) is 17.5 Å². The molecule has 6 atom stereocenters. The van der Waals surface area contributed by atoms with Crippen molar-refractivity contribution in [2.45, 2.75) is 69.9 Å². The molecule has 1 fully saturated rings. The number of ether oxygens (including phenoxy) is 3. The van der Waals surface area contributed by atoms with Crippen LogP contribution in [-0.4, -0.2) is 74.2 Å². The van der Waals surface area contributed by atoms with Crippen LogP contribution in [0.25, 0.3) is 0 Å². The maximum Gasteiger partial charge on any atom is 0.475 e. The predicted octanol–water partition coefficient (Wildman–Crippen LogP) is -5.83. The number of nitrogens with zero attached hydrogens (tertiary/aromatic N) is 3. The first-order chi connectivity index (χ1) is 23.3. The van der Waals surface area contributed by atoms with Gasteiger partial charge in [-0.2, -0.15) is 9.13 Å². The number of rotatable bonds is 18. The highest BCUT2D eigenvalue weighted by atomic mass is 127. The quantitative estimate of drug-likeness (QED) is 0.0201. The van der Waals surface area contributed by atoms with E-state index in [2.05, 4.69) is 4.98 Å². The molecule has 3 aromatic heterocycles. The molecule has 0 bridgehead atoms. The lowest BCUT2D eigenvalue weighted by molar-refractivity contribution is -0.686. The monoisotopic (exact) mass is 964 g/mol. The smallest absolute Gasteiger partial charge is 0.475 e. The van der Waals surface area contributed by atoms with Gasteiger partial charge in [0.15, 0.2) is 23.9 Å². The first-order valence-electron chi connectivity index (χ1n) is 15.7. The van der Waals surface area contributed by atoms with Gasteiger partial charge < -0.3 is 82.4 Å². The van der Waals surface area contributed by atoms with Crippen LogP contribution < -0.4 is 77.8 Å². The fourth-order valence-corrected chi connectivity index (χ4v) is 5.91. The first kappa shape index (κ1) is 44.8. The van der Waals surface area contributed by atoms with E-state index >= 15 is 0 Å². The van der Waals surface area contributed by atoms with Gasteiger partial charge in [0, 0.05) is 23.9 Å². The van der Waals surface area contributed by atoms with E-state index in [1.54, 1.807) is 43.2 Å². The fourth-order valence-electron chi connectivity index (χ4n) is 5.15. The van der Waals surface area contributed by atoms with Crippen molar-refractivity contribution in [3.8, 4) is 11.5 Å². The summed E-state index contributed by atoms with van der Waals surface area (Å²) >= 11 is 0. The molecule has 0 spiro atoms. The van der Waals surface area contributed by atoms with E-state index < -0.39 is 56.5 Å². The largest absolute Gasteiger partial charge is 1.00 e. The Morgan fingerprint density at radius 3 is 2.35 bits per heavy atom. The minimum absolute atomic E-state index is 0. The standard InChI is InChI=1S/C31H41N4O13P.2HI/c1-20-16-35(31(41)32-28(20)39)29-27(38)26(37)25(47-29)19-46-49(42,43)48-30(40)22-12-11-21(17-34(22)3)44-14-7-5-4-6-8-15-45-24-10-9-13-33(2)23(24)18-36;;/h9-13,16-18,25-27,29-30,37-38,40H,4-8,14-15,19H2,1-3H3;2*1H/t25-,26-,27-,29-,30?;;/m1../s1. The third kappa shape index (κ3) is 12.4. The zero-order valence-electron chi connectivity index (χ0n) is 28.2. The van der Waals surface area contributed by atoms with Crippen molar-refractivity contribution >= 4 is 14.1 Å². The number of unbranched alkanes of at least 4 members (excludes halogenated alkanes) is 4. The van der Waals surface area contributed by atoms with Crippen LogP contribution in [0.2, 0.25) is 0 Å². The summed E-state index contributed by atoms with van der Waals surface area (Å²) in [5.41, 5.74) is -0.759. The van der Waals surface area contributed by atoms with Crippen molar-refractivity contribution in [3.63, 3.8) is 0 Å². The number of H-pyrrole nitrogens is 1. The molecule has 17 nitrogen and oxygen atoms in total. The molecule has 1 saturated heterocycles. The number of halogens is 2. The number of aryl methyl sites for hydroxylation is 3. The lowest BCUT2D eigenvalue weighted by atomic mass is 10.1. The predicted molar refractivity (Wildman–Crippen MR) is 169 cm³/mol. The summed E-state index contributed by atoms with van der Waals surface area (Å²) in [5.74, 6) is 1.08. The highest BCUT2D eigenvalue weighted by molar-refractivity contribution is 7.47. The van der Waals surface area contributed by atoms with Crippen LogP contribution in [0.15, 0.2) is 52.4 Å². The van der Waals surface area contributed by atoms with Crippen molar-refractivity contribution < 1.29 is 110 Å². The second-order valence-electron chi connectivity index (χ2n) is 11.6. The summed E-state index contributed by atoms with van der Waals surface area (Å²) in [6, 6.07) is 6.63. The fraction of sp³-hybridized carbons (Fsp3) is 0.516. The van der Waals surface area contributed by atoms with Crippen molar-refractivity contribution in [3.05, 3.63) is 80.6 Å². The molecule has 2 unspecified atom stereocenters. The topological polar surface area (TPSA) is 224 Å². The zero-order valence-corrected chi connectivity index (χ0v) is 33.4. The normalized spacial score (nSPS) is 20.1. The van der Waals surface area contributed by atoms with E-state index in [0.717, 1.165) is 49.2 Å². The number of phosphoric ester groups is 1. The first-order valence-corrected chi connectivity index (χ1v) is 17.2. The van der Waals surface area contributed by atoms with Crippen LogP contribution in [-0.2, 0) is 32.4 Å². The van der Waals surface area contributed by atoms with Gasteiger partial charge in [0.2, 0.25) is 18.2 Å². The molecular weight excluding hydrogens is 921 g/mol. The van der Waals surface area contributed by atoms with E-state index in [-0.39, 0.29) is 59.2 Å². The van der Waals surface area contributed by atoms with Crippen molar-refractivity contribution in [1.82, 2.24) is 9.55 Å². The van der Waals surface area contributed by atoms with Crippen LogP contribution in [0.3, 0.4) is 0 Å². The Labute approximate surface area is 327 Å². The van der Waals surface area contributed by atoms with Gasteiger partial charge in [0.1, 0.15) is 32.4 Å². The molecule has 20 heteroatoms. The minimum atomic E-state index is -4.92. The van der Waals surface area contributed by atoms with Crippen LogP contribution in [0.1, 0.15) is 66.4 Å². The van der Waals surface area contributed by atoms with E-state index in [0.29, 0.717) is 30.4 Å². The van der Waals surface area contributed by atoms with Gasteiger partial charge in [-0.1, -0.05) is 19.3 Å². The van der Waals surface area contributed by atoms with Crippen molar-refractivity contribution in [2.75, 3.05) is 19.8 Å². The lowest BCUT2D eigenvalue weighted by Crippen LogP contribution is -3.00.